The van der Waals surface area contributed by atoms with Crippen molar-refractivity contribution < 1.29 is 14.7 Å². The average Bonchev–Trinajstić information content (AvgIpc) is 3.05. The number of H-pyrrole nitrogens is 1. The third kappa shape index (κ3) is 2.90. The molecule has 0 bridgehead atoms. The Kier molecular flexibility index (Phi) is 4.53. The molecule has 2 heterocycles. The summed E-state index contributed by atoms with van der Waals surface area (Å²) < 4.78 is 0. The maximum absolute atomic E-state index is 12.5. The molecule has 1 aromatic heterocycles. The van der Waals surface area contributed by atoms with E-state index in [0.29, 0.717) is 18.1 Å². The van der Waals surface area contributed by atoms with Crippen LogP contribution >= 0.6 is 11.8 Å². The van der Waals surface area contributed by atoms with Crippen molar-refractivity contribution in [3.8, 4) is 0 Å². The molecule has 1 aliphatic rings. The molecule has 1 fully saturated rings. The molecule has 2 N–H and O–H groups in total. The van der Waals surface area contributed by atoms with Gasteiger partial charge in [-0.05, 0) is 6.42 Å². The number of carboxylic acid groups (broad SMARTS) is 1. The van der Waals surface area contributed by atoms with Gasteiger partial charge in [-0.1, -0.05) is 6.92 Å². The van der Waals surface area contributed by atoms with Crippen LogP contribution in [0.15, 0.2) is 12.4 Å². The van der Waals surface area contributed by atoms with E-state index in [4.69, 9.17) is 0 Å². The summed E-state index contributed by atoms with van der Waals surface area (Å²) in [5, 5.41) is 9.16. The predicted molar refractivity (Wildman–Crippen MR) is 75.3 cm³/mol. The maximum atomic E-state index is 12.5. The van der Waals surface area contributed by atoms with E-state index < -0.39 is 12.0 Å². The van der Waals surface area contributed by atoms with E-state index in [2.05, 4.69) is 9.97 Å². The summed E-state index contributed by atoms with van der Waals surface area (Å²) in [6.07, 6.45) is 4.04. The minimum Gasteiger partial charge on any atom is -0.480 e. The molecule has 0 aromatic carbocycles. The van der Waals surface area contributed by atoms with Crippen LogP contribution in [0.25, 0.3) is 0 Å². The van der Waals surface area contributed by atoms with Gasteiger partial charge in [0.05, 0.1) is 11.9 Å². The van der Waals surface area contributed by atoms with Gasteiger partial charge in [-0.3, -0.25) is 4.90 Å². The normalized spacial score (nSPS) is 22.0. The lowest BCUT2D eigenvalue weighted by Crippen LogP contribution is -2.50. The van der Waals surface area contributed by atoms with Crippen molar-refractivity contribution in [1.29, 1.82) is 0 Å². The van der Waals surface area contributed by atoms with Crippen LogP contribution in [0.4, 0.5) is 4.79 Å². The first-order valence-electron chi connectivity index (χ1n) is 6.40. The summed E-state index contributed by atoms with van der Waals surface area (Å²) in [7, 11) is 1.65. The van der Waals surface area contributed by atoms with Gasteiger partial charge in [0, 0.05) is 25.2 Å². The maximum Gasteiger partial charge on any atom is 0.327 e. The molecule has 0 spiro atoms. The van der Waals surface area contributed by atoms with Crippen LogP contribution in [0.5, 0.6) is 0 Å². The summed E-state index contributed by atoms with van der Waals surface area (Å²) in [6.45, 7) is 2.28. The van der Waals surface area contributed by atoms with Crippen LogP contribution in [-0.4, -0.2) is 61.1 Å². The second-order valence-electron chi connectivity index (χ2n) is 4.63. The summed E-state index contributed by atoms with van der Waals surface area (Å²) in [5.41, 5.74) is 0. The molecular weight excluding hydrogens is 280 g/mol. The van der Waals surface area contributed by atoms with Crippen molar-refractivity contribution in [3.63, 3.8) is 0 Å². The summed E-state index contributed by atoms with van der Waals surface area (Å²) in [6, 6.07) is -1.03. The van der Waals surface area contributed by atoms with Crippen molar-refractivity contribution in [2.45, 2.75) is 31.3 Å². The van der Waals surface area contributed by atoms with Crippen LogP contribution in [0.2, 0.25) is 0 Å². The highest BCUT2D eigenvalue weighted by atomic mass is 32.2. The van der Waals surface area contributed by atoms with Gasteiger partial charge in [0.25, 0.3) is 0 Å². The van der Waals surface area contributed by atoms with Crippen LogP contribution < -0.4 is 0 Å². The molecule has 2 atom stereocenters. The van der Waals surface area contributed by atoms with E-state index in [9.17, 15) is 14.7 Å². The minimum absolute atomic E-state index is 0.0809. The molecule has 20 heavy (non-hydrogen) atoms. The Morgan fingerprint density at radius 3 is 2.95 bits per heavy atom. The molecule has 0 saturated carbocycles. The number of carbonyl (C=O) groups is 2. The molecule has 2 rings (SSSR count). The van der Waals surface area contributed by atoms with Crippen molar-refractivity contribution >= 4 is 23.8 Å². The Morgan fingerprint density at radius 2 is 2.40 bits per heavy atom. The number of imidazole rings is 1. The lowest BCUT2D eigenvalue weighted by molar-refractivity contribution is -0.141. The van der Waals surface area contributed by atoms with E-state index in [-0.39, 0.29) is 11.4 Å². The highest BCUT2D eigenvalue weighted by Crippen LogP contribution is 2.32. The van der Waals surface area contributed by atoms with Crippen LogP contribution in [0.1, 0.15) is 19.2 Å². The monoisotopic (exact) mass is 298 g/mol. The fourth-order valence-electron chi connectivity index (χ4n) is 2.20. The van der Waals surface area contributed by atoms with Gasteiger partial charge in [-0.2, -0.15) is 0 Å². The van der Waals surface area contributed by atoms with Crippen LogP contribution in [0.3, 0.4) is 0 Å². The fourth-order valence-corrected chi connectivity index (χ4v) is 3.54. The molecule has 1 aliphatic heterocycles. The molecule has 7 nitrogen and oxygen atoms in total. The van der Waals surface area contributed by atoms with Crippen molar-refractivity contribution in [2.75, 3.05) is 12.8 Å². The highest BCUT2D eigenvalue weighted by Gasteiger charge is 2.41. The zero-order valence-electron chi connectivity index (χ0n) is 11.4. The predicted octanol–water partition coefficient (Wildman–Crippen LogP) is 1.20. The molecule has 2 amide bonds. The first-order valence-corrected chi connectivity index (χ1v) is 7.45. The number of hydrogen-bond donors (Lipinski definition) is 2. The second kappa shape index (κ2) is 6.17. The summed E-state index contributed by atoms with van der Waals surface area (Å²) >= 11 is 1.51. The Hall–Kier alpha value is -1.70. The number of urea groups is 1. The lowest BCUT2D eigenvalue weighted by atomic mass is 10.2. The Morgan fingerprint density at radius 1 is 1.65 bits per heavy atom. The second-order valence-corrected chi connectivity index (χ2v) is 5.84. The van der Waals surface area contributed by atoms with Gasteiger partial charge in [0.15, 0.2) is 0 Å². The van der Waals surface area contributed by atoms with Gasteiger partial charge in [0.2, 0.25) is 0 Å². The fraction of sp³-hybridized carbons (Fsp3) is 0.583. The Labute approximate surface area is 121 Å². The lowest BCUT2D eigenvalue weighted by Gasteiger charge is -2.30. The minimum atomic E-state index is -0.951. The molecule has 0 radical (unpaired) electrons. The number of carbonyl (C=O) groups excluding carboxylic acids is 1. The number of nitrogens with zero attached hydrogens (tertiary/aromatic N) is 3. The number of carboxylic acids is 1. The molecule has 2 unspecified atom stereocenters. The number of aliphatic carboxylic acids is 1. The van der Waals surface area contributed by atoms with Gasteiger partial charge >= 0.3 is 12.0 Å². The number of rotatable bonds is 4. The summed E-state index contributed by atoms with van der Waals surface area (Å²) in [4.78, 5) is 33.7. The zero-order chi connectivity index (χ0) is 14.7. The molecular formula is C12H18N4O3S. The SMILES string of the molecule is CCC1SCC(C(=O)O)N1C(=O)N(C)Cc1ncc[nH]1. The van der Waals surface area contributed by atoms with E-state index in [1.807, 2.05) is 6.92 Å². The van der Waals surface area contributed by atoms with Crippen molar-refractivity contribution in [1.82, 2.24) is 19.8 Å². The van der Waals surface area contributed by atoms with Gasteiger partial charge in [0.1, 0.15) is 11.9 Å². The third-order valence-corrected chi connectivity index (χ3v) is 4.67. The molecule has 8 heteroatoms. The third-order valence-electron chi connectivity index (χ3n) is 3.22. The quantitative estimate of drug-likeness (QED) is 0.872. The molecule has 0 aliphatic carbocycles. The number of aromatic nitrogens is 2. The average molecular weight is 298 g/mol. The number of amides is 2. The largest absolute Gasteiger partial charge is 0.480 e. The number of aromatic amines is 1. The van der Waals surface area contributed by atoms with Gasteiger partial charge in [-0.15, -0.1) is 11.8 Å². The Bertz CT molecular complexity index is 479. The van der Waals surface area contributed by atoms with Gasteiger partial charge < -0.3 is 15.0 Å². The smallest absolute Gasteiger partial charge is 0.327 e. The first-order chi connectivity index (χ1) is 9.54. The van der Waals surface area contributed by atoms with Crippen LogP contribution in [-0.2, 0) is 11.3 Å². The highest BCUT2D eigenvalue weighted by molar-refractivity contribution is 8.00. The Balaban J connectivity index is 2.10. The topological polar surface area (TPSA) is 89.5 Å². The summed E-state index contributed by atoms with van der Waals surface area (Å²) in [5.74, 6) is 0.162. The molecule has 110 valence electrons. The van der Waals surface area contributed by atoms with E-state index in [1.165, 1.54) is 21.6 Å². The van der Waals surface area contributed by atoms with Gasteiger partial charge in [-0.25, -0.2) is 14.6 Å². The van der Waals surface area contributed by atoms with E-state index in [0.717, 1.165) is 6.42 Å². The number of nitrogens with one attached hydrogen (secondary N) is 1. The molecule has 1 saturated heterocycles. The van der Waals surface area contributed by atoms with Crippen molar-refractivity contribution in [3.05, 3.63) is 18.2 Å². The van der Waals surface area contributed by atoms with E-state index >= 15 is 0 Å². The molecule has 1 aromatic rings. The van der Waals surface area contributed by atoms with E-state index in [1.54, 1.807) is 19.4 Å². The number of thioether (sulfide) groups is 1. The number of hydrogen-bond acceptors (Lipinski definition) is 4. The van der Waals surface area contributed by atoms with Crippen LogP contribution in [0, 0.1) is 0 Å². The standard InChI is InChI=1S/C12H18N4O3S/c1-3-10-16(8(7-20-10)11(17)18)12(19)15(2)6-9-13-4-5-14-9/h4-5,8,10H,3,6-7H2,1-2H3,(H,13,14)(H,17,18). The first kappa shape index (κ1) is 14.7. The zero-order valence-corrected chi connectivity index (χ0v) is 12.3. The van der Waals surface area contributed by atoms with Crippen molar-refractivity contribution in [2.24, 2.45) is 0 Å².